The lowest BCUT2D eigenvalue weighted by molar-refractivity contribution is 0.0674. The fourth-order valence-electron chi connectivity index (χ4n) is 3.50. The van der Waals surface area contributed by atoms with Crippen molar-refractivity contribution in [3.05, 3.63) is 89.4 Å². The number of anilines is 1. The third-order valence-corrected chi connectivity index (χ3v) is 5.05. The number of methoxy groups -OCH3 is 1. The third kappa shape index (κ3) is 4.06. The van der Waals surface area contributed by atoms with E-state index < -0.39 is 0 Å². The molecule has 1 aromatic heterocycles. The van der Waals surface area contributed by atoms with E-state index in [4.69, 9.17) is 9.15 Å². The number of fused-ring (bicyclic) bond motifs is 1. The number of nitrogens with zero attached hydrogens (tertiary/aromatic N) is 1. The minimum absolute atomic E-state index is 0.0194. The monoisotopic (exact) mass is 405 g/mol. The van der Waals surface area contributed by atoms with Crippen LogP contribution in [0.15, 0.2) is 71.3 Å². The van der Waals surface area contributed by atoms with Crippen LogP contribution in [0.5, 0.6) is 0 Å². The summed E-state index contributed by atoms with van der Waals surface area (Å²) in [6, 6.07) is 18.3. The number of carbonyl (C=O) groups is 2. The van der Waals surface area contributed by atoms with Crippen molar-refractivity contribution in [3.8, 4) is 0 Å². The van der Waals surface area contributed by atoms with Gasteiger partial charge in [-0.15, -0.1) is 0 Å². The third-order valence-electron chi connectivity index (χ3n) is 5.05. The number of nitrogens with one attached hydrogen (secondary N) is 2. The normalized spacial score (nSPS) is 15.2. The molecule has 2 amide bonds. The lowest BCUT2D eigenvalue weighted by atomic mass is 10.1. The van der Waals surface area contributed by atoms with Gasteiger partial charge in [0, 0.05) is 36.0 Å². The zero-order valence-electron chi connectivity index (χ0n) is 16.6. The Hall–Kier alpha value is -3.58. The minimum Gasteiger partial charge on any atom is -0.467 e. The van der Waals surface area contributed by atoms with Crippen LogP contribution in [0.25, 0.3) is 0 Å². The second-order valence-corrected chi connectivity index (χ2v) is 6.96. The summed E-state index contributed by atoms with van der Waals surface area (Å²) >= 11 is 0. The number of amides is 2. The summed E-state index contributed by atoms with van der Waals surface area (Å²) in [5, 5.41) is 6.23. The molecule has 1 aliphatic heterocycles. The molecule has 0 spiro atoms. The molecule has 0 saturated carbocycles. The fraction of sp³-hybridized carbons (Fsp3) is 0.217. The van der Waals surface area contributed by atoms with Crippen molar-refractivity contribution in [2.75, 3.05) is 25.6 Å². The molecule has 154 valence electrons. The Bertz CT molecular complexity index is 1020. The summed E-state index contributed by atoms with van der Waals surface area (Å²) in [6.07, 6.45) is 1.28. The standard InChI is InChI=1S/C23H23N3O4/c1-29-14-12-26-21(19-6-2-3-7-20(19)23(26)28)25-17-10-8-16(9-11-17)22(27)24-15-18-5-4-13-30-18/h2-11,13,21,25H,12,14-15H2,1H3,(H,24,27). The molecular formula is C23H23N3O4. The van der Waals surface area contributed by atoms with Crippen LogP contribution in [0.4, 0.5) is 5.69 Å². The number of benzene rings is 2. The Kier molecular flexibility index (Phi) is 5.81. The van der Waals surface area contributed by atoms with E-state index in [9.17, 15) is 9.59 Å². The van der Waals surface area contributed by atoms with Gasteiger partial charge in [-0.05, 0) is 42.5 Å². The number of carbonyl (C=O) groups excluding carboxylic acids is 2. The van der Waals surface area contributed by atoms with Gasteiger partial charge < -0.3 is 24.7 Å². The van der Waals surface area contributed by atoms with Crippen LogP contribution in [-0.4, -0.2) is 37.0 Å². The molecule has 0 aliphatic carbocycles. The van der Waals surface area contributed by atoms with Gasteiger partial charge in [0.2, 0.25) is 0 Å². The highest BCUT2D eigenvalue weighted by Crippen LogP contribution is 2.34. The second-order valence-electron chi connectivity index (χ2n) is 6.96. The molecule has 1 aliphatic rings. The summed E-state index contributed by atoms with van der Waals surface area (Å²) in [5.41, 5.74) is 2.99. The van der Waals surface area contributed by atoms with Crippen LogP contribution in [-0.2, 0) is 11.3 Å². The van der Waals surface area contributed by atoms with Crippen LogP contribution < -0.4 is 10.6 Å². The van der Waals surface area contributed by atoms with Gasteiger partial charge in [0.25, 0.3) is 11.8 Å². The van der Waals surface area contributed by atoms with Crippen molar-refractivity contribution >= 4 is 17.5 Å². The molecule has 4 rings (SSSR count). The molecule has 0 saturated heterocycles. The molecule has 0 bridgehead atoms. The maximum absolute atomic E-state index is 12.8. The molecule has 3 aromatic rings. The molecule has 7 nitrogen and oxygen atoms in total. The van der Waals surface area contributed by atoms with Gasteiger partial charge in [0.05, 0.1) is 19.4 Å². The maximum Gasteiger partial charge on any atom is 0.256 e. The molecule has 1 atom stereocenters. The molecule has 30 heavy (non-hydrogen) atoms. The maximum atomic E-state index is 12.8. The van der Waals surface area contributed by atoms with Gasteiger partial charge in [-0.1, -0.05) is 18.2 Å². The van der Waals surface area contributed by atoms with Gasteiger partial charge in [0.1, 0.15) is 11.9 Å². The highest BCUT2D eigenvalue weighted by atomic mass is 16.5. The van der Waals surface area contributed by atoms with E-state index in [0.29, 0.717) is 36.6 Å². The quantitative estimate of drug-likeness (QED) is 0.600. The number of ether oxygens (including phenoxy) is 1. The predicted molar refractivity (Wildman–Crippen MR) is 112 cm³/mol. The summed E-state index contributed by atoms with van der Waals surface area (Å²) in [6.45, 7) is 1.27. The van der Waals surface area contributed by atoms with Crippen LogP contribution in [0.1, 0.15) is 38.2 Å². The van der Waals surface area contributed by atoms with E-state index in [2.05, 4.69) is 10.6 Å². The van der Waals surface area contributed by atoms with Crippen molar-refractivity contribution in [1.82, 2.24) is 10.2 Å². The first-order valence-corrected chi connectivity index (χ1v) is 9.73. The van der Waals surface area contributed by atoms with Crippen molar-refractivity contribution in [3.63, 3.8) is 0 Å². The Labute approximate surface area is 174 Å². The van der Waals surface area contributed by atoms with Crippen molar-refractivity contribution in [2.24, 2.45) is 0 Å². The molecule has 0 fully saturated rings. The van der Waals surface area contributed by atoms with E-state index in [-0.39, 0.29) is 18.0 Å². The smallest absolute Gasteiger partial charge is 0.256 e. The van der Waals surface area contributed by atoms with Gasteiger partial charge >= 0.3 is 0 Å². The van der Waals surface area contributed by atoms with Crippen LogP contribution in [0.2, 0.25) is 0 Å². The van der Waals surface area contributed by atoms with Crippen LogP contribution in [0.3, 0.4) is 0 Å². The first-order valence-electron chi connectivity index (χ1n) is 9.73. The average molecular weight is 405 g/mol. The number of furan rings is 1. The summed E-state index contributed by atoms with van der Waals surface area (Å²) in [7, 11) is 1.62. The lowest BCUT2D eigenvalue weighted by Gasteiger charge is -2.27. The molecule has 2 N–H and O–H groups in total. The predicted octanol–water partition coefficient (Wildman–Crippen LogP) is 3.42. The average Bonchev–Trinajstić information content (AvgIpc) is 3.39. The van der Waals surface area contributed by atoms with Gasteiger partial charge in [0.15, 0.2) is 0 Å². The summed E-state index contributed by atoms with van der Waals surface area (Å²) in [4.78, 5) is 26.9. The Morgan fingerprint density at radius 1 is 1.10 bits per heavy atom. The number of rotatable bonds is 8. The van der Waals surface area contributed by atoms with Gasteiger partial charge in [-0.2, -0.15) is 0 Å². The molecule has 7 heteroatoms. The number of hydrogen-bond donors (Lipinski definition) is 2. The van der Waals surface area contributed by atoms with E-state index >= 15 is 0 Å². The second kappa shape index (κ2) is 8.84. The molecule has 0 radical (unpaired) electrons. The molecular weight excluding hydrogens is 382 g/mol. The van der Waals surface area contributed by atoms with E-state index in [1.807, 2.05) is 42.5 Å². The Morgan fingerprint density at radius 3 is 2.63 bits per heavy atom. The topological polar surface area (TPSA) is 83.8 Å². The lowest BCUT2D eigenvalue weighted by Crippen LogP contribution is -2.35. The highest BCUT2D eigenvalue weighted by molar-refractivity contribution is 5.99. The minimum atomic E-state index is -0.289. The zero-order valence-corrected chi connectivity index (χ0v) is 16.6. The van der Waals surface area contributed by atoms with Crippen molar-refractivity contribution in [1.29, 1.82) is 0 Å². The van der Waals surface area contributed by atoms with E-state index in [1.165, 1.54) is 0 Å². The first-order chi connectivity index (χ1) is 14.7. The highest BCUT2D eigenvalue weighted by Gasteiger charge is 2.36. The number of hydrogen-bond acceptors (Lipinski definition) is 5. The SMILES string of the molecule is COCCN1C(=O)c2ccccc2C1Nc1ccc(C(=O)NCc2ccco2)cc1. The Morgan fingerprint density at radius 2 is 1.90 bits per heavy atom. The van der Waals surface area contributed by atoms with Crippen molar-refractivity contribution < 1.29 is 18.7 Å². The van der Waals surface area contributed by atoms with Crippen LogP contribution in [0, 0.1) is 0 Å². The molecule has 1 unspecified atom stereocenters. The van der Waals surface area contributed by atoms with Gasteiger partial charge in [-0.25, -0.2) is 0 Å². The van der Waals surface area contributed by atoms with Gasteiger partial charge in [-0.3, -0.25) is 9.59 Å². The van der Waals surface area contributed by atoms with Crippen molar-refractivity contribution in [2.45, 2.75) is 12.7 Å². The largest absolute Gasteiger partial charge is 0.467 e. The summed E-state index contributed by atoms with van der Waals surface area (Å²) in [5.74, 6) is 0.498. The zero-order chi connectivity index (χ0) is 20.9. The van der Waals surface area contributed by atoms with E-state index in [1.54, 1.807) is 36.5 Å². The first kappa shape index (κ1) is 19.7. The summed E-state index contributed by atoms with van der Waals surface area (Å²) < 4.78 is 10.4. The fourth-order valence-corrected chi connectivity index (χ4v) is 3.50. The van der Waals surface area contributed by atoms with E-state index in [0.717, 1.165) is 11.3 Å². The van der Waals surface area contributed by atoms with Crippen LogP contribution >= 0.6 is 0 Å². The molecule has 2 heterocycles. The molecule has 2 aromatic carbocycles. The Balaban J connectivity index is 1.46.